The molecule has 0 aliphatic rings. The quantitative estimate of drug-likeness (QED) is 0.396. The van der Waals surface area contributed by atoms with Gasteiger partial charge in [0.05, 0.1) is 0 Å². The summed E-state index contributed by atoms with van der Waals surface area (Å²) in [6, 6.07) is 0. The highest BCUT2D eigenvalue weighted by Crippen LogP contribution is 2.11. The van der Waals surface area contributed by atoms with E-state index in [1.165, 1.54) is 7.11 Å². The Morgan fingerprint density at radius 3 is 2.92 bits per heavy atom. The summed E-state index contributed by atoms with van der Waals surface area (Å²) in [5.41, 5.74) is 5.39. The number of carbonyl (C=O) groups is 1. The molecule has 0 spiro atoms. The van der Waals surface area contributed by atoms with E-state index in [9.17, 15) is 4.79 Å². The van der Waals surface area contributed by atoms with Crippen molar-refractivity contribution in [2.24, 2.45) is 5.16 Å². The van der Waals surface area contributed by atoms with E-state index < -0.39 is 0 Å². The van der Waals surface area contributed by atoms with Crippen LogP contribution in [0.5, 0.6) is 0 Å². The Hall–Kier alpha value is -1.50. The molecule has 0 atom stereocenters. The van der Waals surface area contributed by atoms with Crippen molar-refractivity contribution < 1.29 is 9.63 Å². The van der Waals surface area contributed by atoms with E-state index in [1.54, 1.807) is 0 Å². The van der Waals surface area contributed by atoms with Gasteiger partial charge in [-0.3, -0.25) is 4.79 Å². The molecule has 0 aliphatic carbocycles. The minimum absolute atomic E-state index is 0.0895. The number of carbonyl (C=O) groups excluding carboxylic acids is 1. The second-order valence-electron chi connectivity index (χ2n) is 1.72. The van der Waals surface area contributed by atoms with E-state index in [1.807, 2.05) is 0 Å². The molecular formula is C5H6N4O2S. The molecule has 0 bridgehead atoms. The summed E-state index contributed by atoms with van der Waals surface area (Å²) in [5, 5.41) is 11.2. The number of hydrogen-bond acceptors (Lipinski definition) is 7. The van der Waals surface area contributed by atoms with Crippen molar-refractivity contribution >= 4 is 28.5 Å². The van der Waals surface area contributed by atoms with Crippen LogP contribution < -0.4 is 5.73 Å². The maximum absolute atomic E-state index is 10.4. The lowest BCUT2D eigenvalue weighted by atomic mass is 10.4. The van der Waals surface area contributed by atoms with Crippen LogP contribution in [0.25, 0.3) is 0 Å². The predicted molar refractivity (Wildman–Crippen MR) is 43.9 cm³/mol. The first kappa shape index (κ1) is 8.60. The van der Waals surface area contributed by atoms with Gasteiger partial charge in [0, 0.05) is 0 Å². The van der Waals surface area contributed by atoms with E-state index in [4.69, 9.17) is 5.73 Å². The molecule has 7 heteroatoms. The predicted octanol–water partition coefficient (Wildman–Crippen LogP) is -0.330. The van der Waals surface area contributed by atoms with Gasteiger partial charge in [-0.05, 0) is 0 Å². The van der Waals surface area contributed by atoms with Gasteiger partial charge in [-0.25, -0.2) is 0 Å². The van der Waals surface area contributed by atoms with Gasteiger partial charge in [-0.2, -0.15) is 0 Å². The molecule has 1 rings (SSSR count). The maximum Gasteiger partial charge on any atom is 0.203 e. The summed E-state index contributed by atoms with van der Waals surface area (Å²) in [6.07, 6.45) is 0.531. The van der Waals surface area contributed by atoms with Crippen LogP contribution in [-0.4, -0.2) is 29.3 Å². The van der Waals surface area contributed by atoms with Crippen molar-refractivity contribution in [3.05, 3.63) is 5.01 Å². The van der Waals surface area contributed by atoms with Crippen molar-refractivity contribution in [2.75, 3.05) is 12.8 Å². The first-order chi connectivity index (χ1) is 5.77. The lowest BCUT2D eigenvalue weighted by Crippen LogP contribution is -2.02. The Kier molecular flexibility index (Phi) is 2.70. The molecule has 6 nitrogen and oxygen atoms in total. The standard InChI is InChI=1S/C5H6N4O2S/c1-11-9-3(2-10)4-7-8-5(6)12-4/h2H,1H3,(H2,6,8). The number of aromatic nitrogens is 2. The number of rotatable bonds is 3. The molecular weight excluding hydrogens is 180 g/mol. The molecule has 1 heterocycles. The zero-order chi connectivity index (χ0) is 8.97. The maximum atomic E-state index is 10.4. The molecule has 0 aliphatic heterocycles. The Morgan fingerprint density at radius 1 is 1.75 bits per heavy atom. The van der Waals surface area contributed by atoms with Crippen molar-refractivity contribution in [3.8, 4) is 0 Å². The van der Waals surface area contributed by atoms with Crippen molar-refractivity contribution in [1.29, 1.82) is 0 Å². The van der Waals surface area contributed by atoms with E-state index in [-0.39, 0.29) is 10.8 Å². The number of anilines is 1. The molecule has 0 unspecified atom stereocenters. The first-order valence-electron chi connectivity index (χ1n) is 2.93. The molecule has 0 amide bonds. The number of nitrogen functional groups attached to an aromatic ring is 1. The van der Waals surface area contributed by atoms with E-state index in [0.29, 0.717) is 11.3 Å². The lowest BCUT2D eigenvalue weighted by molar-refractivity contribution is -0.102. The van der Waals surface area contributed by atoms with Crippen molar-refractivity contribution in [2.45, 2.75) is 0 Å². The molecule has 1 aromatic rings. The number of aldehydes is 1. The third kappa shape index (κ3) is 1.76. The summed E-state index contributed by atoms with van der Waals surface area (Å²) in [4.78, 5) is 14.8. The fourth-order valence-electron chi connectivity index (χ4n) is 0.547. The monoisotopic (exact) mass is 186 g/mol. The molecule has 1 aromatic heterocycles. The normalized spacial score (nSPS) is 11.2. The lowest BCUT2D eigenvalue weighted by Gasteiger charge is -1.88. The largest absolute Gasteiger partial charge is 0.398 e. The second kappa shape index (κ2) is 3.77. The third-order valence-electron chi connectivity index (χ3n) is 0.961. The Balaban J connectivity index is 2.94. The van der Waals surface area contributed by atoms with Gasteiger partial charge in [-0.1, -0.05) is 16.5 Å². The topological polar surface area (TPSA) is 90.5 Å². The van der Waals surface area contributed by atoms with E-state index in [2.05, 4.69) is 20.2 Å². The molecule has 12 heavy (non-hydrogen) atoms. The van der Waals surface area contributed by atoms with Crippen LogP contribution in [0.3, 0.4) is 0 Å². The van der Waals surface area contributed by atoms with Gasteiger partial charge in [-0.15, -0.1) is 10.2 Å². The van der Waals surface area contributed by atoms with Crippen molar-refractivity contribution in [1.82, 2.24) is 10.2 Å². The highest BCUT2D eigenvalue weighted by atomic mass is 32.1. The number of nitrogens with two attached hydrogens (primary N) is 1. The molecule has 0 fully saturated rings. The average Bonchev–Trinajstić information content (AvgIpc) is 2.47. The van der Waals surface area contributed by atoms with Crippen LogP contribution in [0.1, 0.15) is 5.01 Å². The molecule has 0 aromatic carbocycles. The average molecular weight is 186 g/mol. The van der Waals surface area contributed by atoms with Gasteiger partial charge in [0.2, 0.25) is 5.13 Å². The molecule has 2 N–H and O–H groups in total. The highest BCUT2D eigenvalue weighted by Gasteiger charge is 2.08. The van der Waals surface area contributed by atoms with E-state index in [0.717, 1.165) is 11.3 Å². The van der Waals surface area contributed by atoms with Crippen LogP contribution in [-0.2, 0) is 9.63 Å². The fraction of sp³-hybridized carbons (Fsp3) is 0.200. The SMILES string of the molecule is CON=C(C=O)c1nnc(N)s1. The first-order valence-corrected chi connectivity index (χ1v) is 3.75. The minimum Gasteiger partial charge on any atom is -0.398 e. The van der Waals surface area contributed by atoms with Crippen LogP contribution >= 0.6 is 11.3 Å². The minimum atomic E-state index is 0.0895. The smallest absolute Gasteiger partial charge is 0.203 e. The number of oxime groups is 1. The zero-order valence-corrected chi connectivity index (χ0v) is 7.04. The van der Waals surface area contributed by atoms with Crippen molar-refractivity contribution in [3.63, 3.8) is 0 Å². The summed E-state index contributed by atoms with van der Waals surface area (Å²) < 4.78 is 0. The Morgan fingerprint density at radius 2 is 2.50 bits per heavy atom. The zero-order valence-electron chi connectivity index (χ0n) is 6.22. The Bertz CT molecular complexity index is 308. The van der Waals surface area contributed by atoms with Gasteiger partial charge in [0.15, 0.2) is 17.0 Å². The molecule has 0 saturated heterocycles. The van der Waals surface area contributed by atoms with Gasteiger partial charge < -0.3 is 10.6 Å². The second-order valence-corrected chi connectivity index (χ2v) is 2.73. The van der Waals surface area contributed by atoms with Crippen LogP contribution in [0.4, 0.5) is 5.13 Å². The third-order valence-corrected chi connectivity index (χ3v) is 1.74. The molecule has 64 valence electrons. The number of nitrogens with zero attached hydrogens (tertiary/aromatic N) is 3. The molecule has 0 radical (unpaired) electrons. The Labute approximate surface area is 72.0 Å². The summed E-state index contributed by atoms with van der Waals surface area (Å²) in [6.45, 7) is 0. The highest BCUT2D eigenvalue weighted by molar-refractivity contribution is 7.17. The summed E-state index contributed by atoms with van der Waals surface area (Å²) in [5.74, 6) is 0. The fourth-order valence-corrected chi connectivity index (χ4v) is 1.10. The summed E-state index contributed by atoms with van der Waals surface area (Å²) >= 11 is 1.07. The summed E-state index contributed by atoms with van der Waals surface area (Å²) in [7, 11) is 1.34. The van der Waals surface area contributed by atoms with Gasteiger partial charge in [0.1, 0.15) is 7.11 Å². The van der Waals surface area contributed by atoms with Gasteiger partial charge in [0.25, 0.3) is 0 Å². The van der Waals surface area contributed by atoms with Crippen LogP contribution in [0, 0.1) is 0 Å². The van der Waals surface area contributed by atoms with Gasteiger partial charge >= 0.3 is 0 Å². The number of hydrogen-bond donors (Lipinski definition) is 1. The van der Waals surface area contributed by atoms with E-state index >= 15 is 0 Å². The van der Waals surface area contributed by atoms with Crippen LogP contribution in [0.2, 0.25) is 0 Å². The molecule has 0 saturated carbocycles. The van der Waals surface area contributed by atoms with Crippen LogP contribution in [0.15, 0.2) is 5.16 Å².